The summed E-state index contributed by atoms with van der Waals surface area (Å²) in [4.78, 5) is 34.2. The number of terminal acetylenes is 2. The molecule has 0 aliphatic rings. The van der Waals surface area contributed by atoms with Gasteiger partial charge in [-0.2, -0.15) is 0 Å². The number of fused-ring (bicyclic) bond motifs is 2. The molecule has 2 N–H and O–H groups in total. The van der Waals surface area contributed by atoms with E-state index in [2.05, 4.69) is 21.8 Å². The van der Waals surface area contributed by atoms with Crippen molar-refractivity contribution in [3.05, 3.63) is 269 Å². The third kappa shape index (κ3) is 8.94. The fourth-order valence-electron chi connectivity index (χ4n) is 9.18. The van der Waals surface area contributed by atoms with Gasteiger partial charge in [0, 0.05) is 94.1 Å². The maximum Gasteiger partial charge on any atom is 0.251 e. The van der Waals surface area contributed by atoms with Crippen molar-refractivity contribution in [1.82, 2.24) is 19.1 Å². The van der Waals surface area contributed by atoms with Crippen molar-refractivity contribution in [3.8, 4) is 46.9 Å². The van der Waals surface area contributed by atoms with E-state index in [4.69, 9.17) is 36.0 Å². The Morgan fingerprint density at radius 2 is 0.972 bits per heavy atom. The van der Waals surface area contributed by atoms with Crippen molar-refractivity contribution in [1.29, 1.82) is 0 Å². The molecule has 4 aromatic heterocycles. The molecule has 6 aromatic carbocycles. The summed E-state index contributed by atoms with van der Waals surface area (Å²) < 4.78 is 3.20. The highest BCUT2D eigenvalue weighted by molar-refractivity contribution is 6.30. The Bertz CT molecular complexity index is 3870. The standard InChI is InChI=1S/C31H23ClN2O2.C30H21ClN2O2/c1-4-21-6-5-7-22(16-21)26-18-30(35)34(3)29-13-10-24(17-27(26)29)31(36,23-8-11-25(32)12-9-23)28-19-33-15-14-20(28)2;1-3-20-6-4-7-21(16-20)26-18-29(34)33(2)28-14-11-23(17-27(26)28)30(35,24-8-5-15-32-19-24)22-9-12-25(31)13-10-22/h1,5-19,36H,2-3H3;1,4-19,35H,2H3/t31-;30-/m11/s1. The van der Waals surface area contributed by atoms with Crippen molar-refractivity contribution in [3.63, 3.8) is 0 Å². The molecule has 0 bridgehead atoms. The van der Waals surface area contributed by atoms with E-state index in [1.165, 1.54) is 0 Å². The molecule has 0 fully saturated rings. The number of rotatable bonds is 8. The first kappa shape index (κ1) is 47.7. The fraction of sp³-hybridized carbons (Fsp3) is 0.0820. The predicted octanol–water partition coefficient (Wildman–Crippen LogP) is 11.3. The maximum atomic E-state index is 12.8. The fourth-order valence-corrected chi connectivity index (χ4v) is 9.43. The summed E-state index contributed by atoms with van der Waals surface area (Å²) in [6.45, 7) is 1.94. The number of benzene rings is 6. The molecular formula is C61H44Cl2N4O4. The van der Waals surface area contributed by atoms with Gasteiger partial charge in [0.25, 0.3) is 11.1 Å². The van der Waals surface area contributed by atoms with Crippen LogP contribution in [0.15, 0.2) is 198 Å². The second-order valence-electron chi connectivity index (χ2n) is 17.2. The quantitative estimate of drug-likeness (QED) is 0.147. The zero-order valence-corrected chi connectivity index (χ0v) is 40.3. The summed E-state index contributed by atoms with van der Waals surface area (Å²) in [6, 6.07) is 49.3. The first-order valence-corrected chi connectivity index (χ1v) is 23.2. The molecule has 0 spiro atoms. The lowest BCUT2D eigenvalue weighted by atomic mass is 9.78. The number of pyridine rings is 4. The van der Waals surface area contributed by atoms with Gasteiger partial charge in [-0.1, -0.05) is 102 Å². The summed E-state index contributed by atoms with van der Waals surface area (Å²) in [5.41, 5.74) is 7.55. The summed E-state index contributed by atoms with van der Waals surface area (Å²) >= 11 is 12.3. The van der Waals surface area contributed by atoms with Crippen LogP contribution in [0.25, 0.3) is 44.1 Å². The van der Waals surface area contributed by atoms with Gasteiger partial charge in [0.1, 0.15) is 11.2 Å². The summed E-state index contributed by atoms with van der Waals surface area (Å²) in [5, 5.41) is 27.5. The van der Waals surface area contributed by atoms with Crippen LogP contribution < -0.4 is 11.1 Å². The van der Waals surface area contributed by atoms with Crippen LogP contribution in [-0.2, 0) is 25.3 Å². The minimum Gasteiger partial charge on any atom is -0.376 e. The number of nitrogens with zero attached hydrogens (tertiary/aromatic N) is 4. The molecule has 8 nitrogen and oxygen atoms in total. The van der Waals surface area contributed by atoms with Crippen LogP contribution in [0, 0.1) is 31.6 Å². The van der Waals surface area contributed by atoms with Crippen LogP contribution in [0.3, 0.4) is 0 Å². The third-order valence-corrected chi connectivity index (χ3v) is 13.5. The van der Waals surface area contributed by atoms with E-state index in [0.29, 0.717) is 43.4 Å². The number of hydrogen-bond donors (Lipinski definition) is 2. The van der Waals surface area contributed by atoms with Crippen LogP contribution in [0.4, 0.5) is 0 Å². The zero-order valence-electron chi connectivity index (χ0n) is 38.8. The zero-order chi connectivity index (χ0) is 50.0. The molecule has 346 valence electrons. The van der Waals surface area contributed by atoms with Gasteiger partial charge in [-0.3, -0.25) is 19.6 Å². The van der Waals surface area contributed by atoms with E-state index >= 15 is 0 Å². The van der Waals surface area contributed by atoms with Crippen LogP contribution >= 0.6 is 23.2 Å². The number of aliphatic hydroxyl groups is 2. The van der Waals surface area contributed by atoms with Crippen LogP contribution in [0.1, 0.15) is 50.1 Å². The minimum absolute atomic E-state index is 0.132. The summed E-state index contributed by atoms with van der Waals surface area (Å²) in [7, 11) is 3.47. The van der Waals surface area contributed by atoms with Gasteiger partial charge in [0.15, 0.2) is 0 Å². The average molecular weight is 968 g/mol. The highest BCUT2D eigenvalue weighted by Crippen LogP contribution is 2.42. The van der Waals surface area contributed by atoms with Gasteiger partial charge in [-0.15, -0.1) is 12.8 Å². The maximum absolute atomic E-state index is 12.8. The first-order chi connectivity index (χ1) is 34.2. The van der Waals surface area contributed by atoms with E-state index in [1.54, 1.807) is 103 Å². The lowest BCUT2D eigenvalue weighted by Gasteiger charge is -2.31. The molecule has 10 aromatic rings. The molecule has 71 heavy (non-hydrogen) atoms. The molecule has 0 aliphatic carbocycles. The monoisotopic (exact) mass is 966 g/mol. The van der Waals surface area contributed by atoms with E-state index < -0.39 is 11.2 Å². The molecule has 0 unspecified atom stereocenters. The van der Waals surface area contributed by atoms with Crippen LogP contribution in [0.2, 0.25) is 10.0 Å². The highest BCUT2D eigenvalue weighted by Gasteiger charge is 2.37. The molecule has 4 heterocycles. The van der Waals surface area contributed by atoms with Gasteiger partial charge >= 0.3 is 0 Å². The normalized spacial score (nSPS) is 12.7. The number of halogens is 2. The predicted molar refractivity (Wildman–Crippen MR) is 285 cm³/mol. The van der Waals surface area contributed by atoms with Crippen molar-refractivity contribution in [2.75, 3.05) is 0 Å². The lowest BCUT2D eigenvalue weighted by molar-refractivity contribution is 0.124. The van der Waals surface area contributed by atoms with Gasteiger partial charge in [-0.25, -0.2) is 0 Å². The first-order valence-electron chi connectivity index (χ1n) is 22.5. The molecule has 0 radical (unpaired) electrons. The van der Waals surface area contributed by atoms with E-state index in [1.807, 2.05) is 116 Å². The Kier molecular flexibility index (Phi) is 13.2. The number of hydrogen-bond acceptors (Lipinski definition) is 6. The molecule has 0 amide bonds. The Morgan fingerprint density at radius 3 is 1.44 bits per heavy atom. The van der Waals surface area contributed by atoms with E-state index in [9.17, 15) is 19.8 Å². The van der Waals surface area contributed by atoms with E-state index in [0.717, 1.165) is 60.8 Å². The molecule has 2 atom stereocenters. The molecule has 0 saturated carbocycles. The van der Waals surface area contributed by atoms with E-state index in [-0.39, 0.29) is 11.1 Å². The van der Waals surface area contributed by atoms with Gasteiger partial charge < -0.3 is 19.3 Å². The van der Waals surface area contributed by atoms with Crippen molar-refractivity contribution in [2.45, 2.75) is 18.1 Å². The molecular weight excluding hydrogens is 924 g/mol. The van der Waals surface area contributed by atoms with Gasteiger partial charge in [0.2, 0.25) is 0 Å². The summed E-state index contributed by atoms with van der Waals surface area (Å²) in [6.07, 6.45) is 18.0. The summed E-state index contributed by atoms with van der Waals surface area (Å²) in [5.74, 6) is 5.31. The SMILES string of the molecule is C#Cc1cccc(-c2cc(=O)n(C)c3ccc([C@](O)(c4ccc(Cl)cc4)c4cccnc4)cc23)c1.C#Cc1cccc(-c2cc(=O)n(C)c3ccc([C@](O)(c4ccc(Cl)cc4)c4cnccc4C)cc23)c1. The van der Waals surface area contributed by atoms with Crippen molar-refractivity contribution < 1.29 is 10.2 Å². The molecule has 10 heteroatoms. The van der Waals surface area contributed by atoms with Crippen molar-refractivity contribution in [2.24, 2.45) is 14.1 Å². The average Bonchev–Trinajstić information content (AvgIpc) is 3.41. The second kappa shape index (κ2) is 19.6. The lowest BCUT2D eigenvalue weighted by Crippen LogP contribution is -2.30. The number of aryl methyl sites for hydroxylation is 3. The Hall–Kier alpha value is -8.34. The second-order valence-corrected chi connectivity index (χ2v) is 18.1. The Balaban J connectivity index is 0.000000176. The molecule has 0 aliphatic heterocycles. The molecule has 0 saturated heterocycles. The topological polar surface area (TPSA) is 110 Å². The van der Waals surface area contributed by atoms with Gasteiger partial charge in [-0.05, 0) is 142 Å². The minimum atomic E-state index is -1.51. The Morgan fingerprint density at radius 1 is 0.507 bits per heavy atom. The van der Waals surface area contributed by atoms with Crippen LogP contribution in [0.5, 0.6) is 0 Å². The van der Waals surface area contributed by atoms with Crippen molar-refractivity contribution >= 4 is 45.0 Å². The molecule has 10 rings (SSSR count). The third-order valence-electron chi connectivity index (χ3n) is 13.0. The largest absolute Gasteiger partial charge is 0.376 e. The van der Waals surface area contributed by atoms with Crippen LogP contribution in [-0.4, -0.2) is 29.3 Å². The Labute approximate surface area is 420 Å². The van der Waals surface area contributed by atoms with Gasteiger partial charge in [0.05, 0.1) is 11.0 Å². The number of aromatic nitrogens is 4. The highest BCUT2D eigenvalue weighted by atomic mass is 35.5. The smallest absolute Gasteiger partial charge is 0.251 e.